The van der Waals surface area contributed by atoms with Gasteiger partial charge >= 0.3 is 0 Å². The predicted molar refractivity (Wildman–Crippen MR) is 232 cm³/mol. The number of halogens is 8. The molecule has 0 aliphatic rings. The Bertz CT molecular complexity index is 2150. The molecule has 0 radical (unpaired) electrons. The van der Waals surface area contributed by atoms with Crippen molar-refractivity contribution in [1.29, 1.82) is 0 Å². The maximum Gasteiger partial charge on any atom is 0.107 e. The summed E-state index contributed by atoms with van der Waals surface area (Å²) in [5.74, 6) is 0. The van der Waals surface area contributed by atoms with Gasteiger partial charge in [-0.25, -0.2) is 19.9 Å². The Morgan fingerprint density at radius 1 is 0.280 bits per heavy atom. The van der Waals surface area contributed by atoms with E-state index in [1.54, 1.807) is 0 Å². The van der Waals surface area contributed by atoms with Gasteiger partial charge in [0.25, 0.3) is 0 Å². The summed E-state index contributed by atoms with van der Waals surface area (Å²) in [5, 5.41) is 0. The molecule has 0 unspecified atom stereocenters. The molecule has 12 heteroatoms. The molecule has 0 atom stereocenters. The Hall–Kier alpha value is -1.90. The minimum absolute atomic E-state index is 0.760. The molecule has 0 amide bonds. The molecule has 4 aromatic heterocycles. The Labute approximate surface area is 356 Å². The summed E-state index contributed by atoms with van der Waals surface area (Å²) >= 11 is 29.0. The third-order valence-corrected chi connectivity index (χ3v) is 12.3. The van der Waals surface area contributed by atoms with Gasteiger partial charge in [-0.05, 0) is 175 Å². The van der Waals surface area contributed by atoms with E-state index in [1.807, 2.05) is 49.1 Å². The van der Waals surface area contributed by atoms with Crippen LogP contribution in [0.25, 0.3) is 66.8 Å². The molecule has 0 fully saturated rings. The van der Waals surface area contributed by atoms with Gasteiger partial charge in [-0.2, -0.15) is 0 Å². The third-order valence-electron chi connectivity index (χ3n) is 7.92. The van der Waals surface area contributed by atoms with Gasteiger partial charge in [0, 0.05) is 64.9 Å². The van der Waals surface area contributed by atoms with E-state index in [2.05, 4.69) is 208 Å². The zero-order chi connectivity index (χ0) is 35.1. The van der Waals surface area contributed by atoms with E-state index in [1.165, 1.54) is 0 Å². The summed E-state index contributed by atoms with van der Waals surface area (Å²) in [6, 6.07) is 29.6. The number of aromatic nitrogens is 4. The van der Waals surface area contributed by atoms with Gasteiger partial charge in [-0.3, -0.25) is 0 Å². The van der Waals surface area contributed by atoms with E-state index >= 15 is 0 Å². The summed E-state index contributed by atoms with van der Waals surface area (Å²) < 4.78 is 6.80. The summed E-state index contributed by atoms with van der Waals surface area (Å²) in [7, 11) is 0. The summed E-state index contributed by atoms with van der Waals surface area (Å²) in [6.45, 7) is 0. The van der Waals surface area contributed by atoms with Gasteiger partial charge in [0.05, 0.1) is 0 Å². The van der Waals surface area contributed by atoms with E-state index in [9.17, 15) is 0 Å². The van der Waals surface area contributed by atoms with Crippen LogP contribution in [0.1, 0.15) is 0 Å². The van der Waals surface area contributed by atoms with E-state index in [0.29, 0.717) is 0 Å². The van der Waals surface area contributed by atoms with Gasteiger partial charge in [-0.1, -0.05) is 81.9 Å². The van der Waals surface area contributed by atoms with Crippen molar-refractivity contribution in [3.8, 4) is 66.8 Å². The molecule has 0 bridgehead atoms. The lowest BCUT2D eigenvalue weighted by atomic mass is 9.91. The molecule has 50 heavy (non-hydrogen) atoms. The third kappa shape index (κ3) is 8.02. The van der Waals surface area contributed by atoms with Crippen molar-refractivity contribution in [1.82, 2.24) is 19.9 Å². The normalized spacial score (nSPS) is 11.2. The Morgan fingerprint density at radius 2 is 0.520 bits per heavy atom. The number of rotatable bonds is 6. The zero-order valence-corrected chi connectivity index (χ0v) is 37.9. The molecule has 0 aliphatic carbocycles. The second-order valence-electron chi connectivity index (χ2n) is 11.1. The molecule has 7 aromatic rings. The number of benzene rings is 3. The Morgan fingerprint density at radius 3 is 0.780 bits per heavy atom. The standard InChI is InChI=1S/C38H18Br8N4/c39-31-11-35(43)47-15-27(31)23-5-21(6-24(9-23)28-16-48-36(44)12-32(28)40)19-2-1-3-20(4-19)22-7-25(29-17-49-37(45)13-33(29)41)10-26(8-22)30-18-50-38(46)14-34(30)42/h1-18H. The van der Waals surface area contributed by atoms with Crippen LogP contribution in [0.5, 0.6) is 0 Å². The average Bonchev–Trinajstić information content (AvgIpc) is 3.08. The summed E-state index contributed by atoms with van der Waals surface area (Å²) in [5.41, 5.74) is 12.3. The van der Waals surface area contributed by atoms with Crippen molar-refractivity contribution >= 4 is 127 Å². The first-order chi connectivity index (χ1) is 24.0. The van der Waals surface area contributed by atoms with Gasteiger partial charge < -0.3 is 0 Å². The second kappa shape index (κ2) is 15.6. The molecule has 0 aliphatic heterocycles. The second-order valence-corrected chi connectivity index (χ2v) is 17.8. The van der Waals surface area contributed by atoms with Crippen molar-refractivity contribution in [2.24, 2.45) is 0 Å². The van der Waals surface area contributed by atoms with Crippen LogP contribution in [-0.4, -0.2) is 19.9 Å². The fourth-order valence-electron chi connectivity index (χ4n) is 5.57. The van der Waals surface area contributed by atoms with Crippen LogP contribution >= 0.6 is 127 Å². The molecule has 0 saturated carbocycles. The van der Waals surface area contributed by atoms with E-state index in [4.69, 9.17) is 0 Å². The minimum Gasteiger partial charge on any atom is -0.249 e. The van der Waals surface area contributed by atoms with Crippen LogP contribution in [0, 0.1) is 0 Å². The molecule has 246 valence electrons. The number of nitrogens with zero attached hydrogens (tertiary/aromatic N) is 4. The predicted octanol–water partition coefficient (Wildman–Crippen LogP) is 15.4. The van der Waals surface area contributed by atoms with Crippen LogP contribution in [0.4, 0.5) is 0 Å². The van der Waals surface area contributed by atoms with E-state index in [-0.39, 0.29) is 0 Å². The first kappa shape index (κ1) is 36.5. The van der Waals surface area contributed by atoms with Gasteiger partial charge in [0.2, 0.25) is 0 Å². The zero-order valence-electron chi connectivity index (χ0n) is 25.2. The molecule has 4 heterocycles. The highest BCUT2D eigenvalue weighted by atomic mass is 79.9. The smallest absolute Gasteiger partial charge is 0.107 e. The fraction of sp³-hybridized carbons (Fsp3) is 0. The summed E-state index contributed by atoms with van der Waals surface area (Å²) in [6.07, 6.45) is 7.50. The first-order valence-electron chi connectivity index (χ1n) is 14.7. The van der Waals surface area contributed by atoms with Crippen molar-refractivity contribution in [3.63, 3.8) is 0 Å². The molecule has 7 rings (SSSR count). The largest absolute Gasteiger partial charge is 0.249 e. The average molecular weight is 1170 g/mol. The van der Waals surface area contributed by atoms with Crippen LogP contribution in [0.15, 0.2) is 146 Å². The summed E-state index contributed by atoms with van der Waals surface area (Å²) in [4.78, 5) is 18.1. The van der Waals surface area contributed by atoms with Crippen molar-refractivity contribution in [2.75, 3.05) is 0 Å². The van der Waals surface area contributed by atoms with Gasteiger partial charge in [-0.15, -0.1) is 0 Å². The molecule has 0 N–H and O–H groups in total. The number of pyridine rings is 4. The van der Waals surface area contributed by atoms with Crippen LogP contribution < -0.4 is 0 Å². The SMILES string of the molecule is Brc1cc(Br)c(-c2cc(-c3cccc(-c4cc(-c5cnc(Br)cc5Br)cc(-c5cnc(Br)cc5Br)c4)c3)cc(-c3cnc(Br)cc3Br)c2)cn1. The molecule has 0 spiro atoms. The number of hydrogen-bond acceptors (Lipinski definition) is 4. The maximum atomic E-state index is 4.53. The van der Waals surface area contributed by atoms with Crippen LogP contribution in [0.2, 0.25) is 0 Å². The molecule has 4 nitrogen and oxygen atoms in total. The molecule has 3 aromatic carbocycles. The highest BCUT2D eigenvalue weighted by Crippen LogP contribution is 2.41. The number of hydrogen-bond donors (Lipinski definition) is 0. The first-order valence-corrected chi connectivity index (χ1v) is 21.0. The van der Waals surface area contributed by atoms with Gasteiger partial charge in [0.1, 0.15) is 18.4 Å². The minimum atomic E-state index is 0.760. The van der Waals surface area contributed by atoms with Crippen LogP contribution in [-0.2, 0) is 0 Å². The molecular weight excluding hydrogens is 1150 g/mol. The highest BCUT2D eigenvalue weighted by Gasteiger charge is 2.16. The highest BCUT2D eigenvalue weighted by molar-refractivity contribution is 9.12. The monoisotopic (exact) mass is 1160 g/mol. The quantitative estimate of drug-likeness (QED) is 0.156. The van der Waals surface area contributed by atoms with Crippen molar-refractivity contribution in [2.45, 2.75) is 0 Å². The maximum absolute atomic E-state index is 4.53. The lowest BCUT2D eigenvalue weighted by molar-refractivity contribution is 1.26. The topological polar surface area (TPSA) is 51.6 Å². The Balaban J connectivity index is 1.41. The fourth-order valence-corrected chi connectivity index (χ4v) is 10.3. The van der Waals surface area contributed by atoms with Gasteiger partial charge in [0.15, 0.2) is 0 Å². The van der Waals surface area contributed by atoms with Crippen LogP contribution in [0.3, 0.4) is 0 Å². The molecular formula is C38H18Br8N4. The van der Waals surface area contributed by atoms with Crippen molar-refractivity contribution in [3.05, 3.63) is 146 Å². The van der Waals surface area contributed by atoms with E-state index in [0.717, 1.165) is 103 Å². The molecule has 0 saturated heterocycles. The lowest BCUT2D eigenvalue weighted by Gasteiger charge is -2.15. The van der Waals surface area contributed by atoms with Crippen molar-refractivity contribution < 1.29 is 0 Å². The van der Waals surface area contributed by atoms with E-state index < -0.39 is 0 Å². The lowest BCUT2D eigenvalue weighted by Crippen LogP contribution is -1.91. The Kier molecular flexibility index (Phi) is 11.4.